The Hall–Kier alpha value is -4.19. The van der Waals surface area contributed by atoms with Crippen molar-refractivity contribution in [1.82, 2.24) is 25.3 Å². The number of likely N-dealkylation sites (N-methyl/N-ethyl adjacent to an activating group) is 2. The Balaban J connectivity index is 2.83. The van der Waals surface area contributed by atoms with Gasteiger partial charge in [-0.15, -0.1) is 12.3 Å². The van der Waals surface area contributed by atoms with Gasteiger partial charge >= 0.3 is 11.9 Å². The summed E-state index contributed by atoms with van der Waals surface area (Å²) in [6.45, 7) is 18.7. The van der Waals surface area contributed by atoms with Crippen molar-refractivity contribution in [3.63, 3.8) is 0 Å². The van der Waals surface area contributed by atoms with Crippen molar-refractivity contribution in [2.45, 2.75) is 163 Å². The third-order valence-electron chi connectivity index (χ3n) is 11.5. The first kappa shape index (κ1) is 49.0. The first-order valence-electron chi connectivity index (χ1n) is 20.4. The third kappa shape index (κ3) is 11.7. The molecule has 57 heavy (non-hydrogen) atoms. The summed E-state index contributed by atoms with van der Waals surface area (Å²) in [4.78, 5) is 103. The van der Waals surface area contributed by atoms with Gasteiger partial charge in [0.05, 0.1) is 11.5 Å². The highest BCUT2D eigenvalue weighted by Crippen LogP contribution is 2.31. The number of rotatable bonds is 9. The molecule has 3 N–H and O–H groups in total. The molecular formula is C42H69N5O10. The summed E-state index contributed by atoms with van der Waals surface area (Å²) in [6.07, 6.45) is 3.72. The van der Waals surface area contributed by atoms with Crippen LogP contribution >= 0.6 is 0 Å². The average Bonchev–Trinajstić information content (AvgIpc) is 3.62. The minimum absolute atomic E-state index is 0.137. The molecule has 0 radical (unpaired) electrons. The molecule has 15 heteroatoms. The predicted octanol–water partition coefficient (Wildman–Crippen LogP) is 2.66. The van der Waals surface area contributed by atoms with Gasteiger partial charge in [-0.3, -0.25) is 24.0 Å². The highest BCUT2D eigenvalue weighted by molar-refractivity contribution is 5.96. The quantitative estimate of drug-likeness (QED) is 0.178. The SMILES string of the molecule is C#CCCC[C@@H]1OC(=O)[C@@H]([C@@H](C)O)NC(=O)[C@H](C(C)C)N(C)C(=O)[C@@H]2CCCN2C(=O)[C@@H]([C@@H](C)CC)OC(=O)[C@H](C(C)C)N(C)C(=O)[C@H](C(C)C)NC(=O)C1(C)C. The van der Waals surface area contributed by atoms with Gasteiger partial charge in [-0.1, -0.05) is 55.4 Å². The van der Waals surface area contributed by atoms with E-state index in [-0.39, 0.29) is 13.0 Å². The minimum atomic E-state index is -1.59. The zero-order valence-electron chi connectivity index (χ0n) is 36.4. The van der Waals surface area contributed by atoms with Gasteiger partial charge in [0.25, 0.3) is 5.91 Å². The van der Waals surface area contributed by atoms with Crippen LogP contribution in [-0.2, 0) is 43.0 Å². The number of ether oxygens (including phenoxy) is 2. The smallest absolute Gasteiger partial charge is 0.331 e. The fourth-order valence-electron chi connectivity index (χ4n) is 7.57. The Morgan fingerprint density at radius 1 is 0.807 bits per heavy atom. The summed E-state index contributed by atoms with van der Waals surface area (Å²) in [5.41, 5.74) is -1.47. The second-order valence-corrected chi connectivity index (χ2v) is 17.4. The lowest BCUT2D eigenvalue weighted by Crippen LogP contribution is -2.61. The first-order valence-corrected chi connectivity index (χ1v) is 20.4. The summed E-state index contributed by atoms with van der Waals surface area (Å²) in [5, 5.41) is 16.2. The van der Waals surface area contributed by atoms with Crippen LogP contribution in [0.4, 0.5) is 0 Å². The van der Waals surface area contributed by atoms with E-state index in [1.165, 1.54) is 35.7 Å². The Morgan fingerprint density at radius 2 is 1.39 bits per heavy atom. The summed E-state index contributed by atoms with van der Waals surface area (Å²) >= 11 is 0. The van der Waals surface area contributed by atoms with Gasteiger partial charge in [0.2, 0.25) is 23.6 Å². The van der Waals surface area contributed by atoms with Crippen molar-refractivity contribution in [2.24, 2.45) is 29.1 Å². The number of hydrogen-bond donors (Lipinski definition) is 3. The molecule has 5 amide bonds. The lowest BCUT2D eigenvalue weighted by molar-refractivity contribution is -0.172. The topological polar surface area (TPSA) is 192 Å². The normalized spacial score (nSPS) is 28.9. The Kier molecular flexibility index (Phi) is 18.0. The van der Waals surface area contributed by atoms with Crippen LogP contribution < -0.4 is 10.6 Å². The van der Waals surface area contributed by atoms with Crippen molar-refractivity contribution >= 4 is 41.5 Å². The van der Waals surface area contributed by atoms with Gasteiger partial charge in [-0.2, -0.15) is 0 Å². The van der Waals surface area contributed by atoms with Gasteiger partial charge in [0.15, 0.2) is 12.1 Å². The predicted molar refractivity (Wildman–Crippen MR) is 214 cm³/mol. The van der Waals surface area contributed by atoms with Crippen LogP contribution in [-0.4, -0.2) is 130 Å². The van der Waals surface area contributed by atoms with E-state index >= 15 is 0 Å². The van der Waals surface area contributed by atoms with E-state index in [4.69, 9.17) is 15.9 Å². The number of esters is 2. The highest BCUT2D eigenvalue weighted by atomic mass is 16.6. The Labute approximate surface area is 339 Å². The zero-order valence-corrected chi connectivity index (χ0v) is 36.4. The fraction of sp³-hybridized carbons (Fsp3) is 0.786. The maximum Gasteiger partial charge on any atom is 0.331 e. The fourth-order valence-corrected chi connectivity index (χ4v) is 7.57. The number of aliphatic hydroxyl groups is 1. The summed E-state index contributed by atoms with van der Waals surface area (Å²) in [6, 6.07) is -5.97. The van der Waals surface area contributed by atoms with Gasteiger partial charge in [-0.05, 0) is 70.6 Å². The average molecular weight is 804 g/mol. The zero-order chi connectivity index (χ0) is 43.7. The van der Waals surface area contributed by atoms with E-state index in [2.05, 4.69) is 16.6 Å². The number of hydrogen-bond acceptors (Lipinski definition) is 10. The molecule has 0 spiro atoms. The molecule has 0 aromatic rings. The Morgan fingerprint density at radius 3 is 1.89 bits per heavy atom. The van der Waals surface area contributed by atoms with E-state index in [9.17, 15) is 38.7 Å². The van der Waals surface area contributed by atoms with E-state index in [1.54, 1.807) is 62.3 Å². The number of nitrogens with zero attached hydrogens (tertiary/aromatic N) is 3. The molecule has 0 aromatic carbocycles. The molecule has 0 aromatic heterocycles. The van der Waals surface area contributed by atoms with Gasteiger partial charge in [0, 0.05) is 33.0 Å². The van der Waals surface area contributed by atoms with Crippen molar-refractivity contribution in [3.8, 4) is 12.3 Å². The number of amides is 5. The summed E-state index contributed by atoms with van der Waals surface area (Å²) in [7, 11) is 2.89. The summed E-state index contributed by atoms with van der Waals surface area (Å²) < 4.78 is 12.0. The lowest BCUT2D eigenvalue weighted by atomic mass is 9.82. The van der Waals surface area contributed by atoms with Crippen LogP contribution in [0.15, 0.2) is 0 Å². The molecule has 0 bridgehead atoms. The molecule has 2 fully saturated rings. The number of fused-ring (bicyclic) bond motifs is 1. The maximum atomic E-state index is 14.4. The van der Waals surface area contributed by atoms with Crippen LogP contribution in [0.2, 0.25) is 0 Å². The van der Waals surface area contributed by atoms with Crippen LogP contribution in [0, 0.1) is 41.4 Å². The van der Waals surface area contributed by atoms with Gasteiger partial charge in [0.1, 0.15) is 30.3 Å². The van der Waals surface area contributed by atoms with Crippen LogP contribution in [0.1, 0.15) is 115 Å². The molecule has 2 aliphatic heterocycles. The van der Waals surface area contributed by atoms with Crippen LogP contribution in [0.3, 0.4) is 0 Å². The van der Waals surface area contributed by atoms with Crippen LogP contribution in [0.5, 0.6) is 0 Å². The lowest BCUT2D eigenvalue weighted by Gasteiger charge is -2.39. The number of aliphatic hydroxyl groups excluding tert-OH is 1. The number of unbranched alkanes of at least 4 members (excludes halogenated alkanes) is 1. The van der Waals surface area contributed by atoms with Crippen molar-refractivity contribution in [2.75, 3.05) is 20.6 Å². The number of terminal acetylenes is 1. The minimum Gasteiger partial charge on any atom is -0.460 e. The molecule has 15 nitrogen and oxygen atoms in total. The van der Waals surface area contributed by atoms with Crippen molar-refractivity contribution in [3.05, 3.63) is 0 Å². The van der Waals surface area contributed by atoms with Gasteiger partial charge < -0.3 is 39.9 Å². The maximum absolute atomic E-state index is 14.4. The second kappa shape index (κ2) is 21.0. The summed E-state index contributed by atoms with van der Waals surface area (Å²) in [5.74, 6) is -4.18. The molecule has 2 rings (SSSR count). The second-order valence-electron chi connectivity index (χ2n) is 17.4. The number of cyclic esters (lactones) is 2. The van der Waals surface area contributed by atoms with Crippen molar-refractivity contribution in [1.29, 1.82) is 0 Å². The van der Waals surface area contributed by atoms with Crippen molar-refractivity contribution < 1.29 is 48.1 Å². The standard InChI is InChI=1S/C42H69N5O10/c1-15-17-18-21-29-42(11,12)41(55)44-30(23(3)4)37(51)46(14)33(25(7)8)40(54)57-34(26(9)16-2)38(52)47-22-19-20-28(47)36(50)45(13)32(24(5)6)35(49)43-31(27(10)48)39(53)56-29/h1,23-34,48H,16-22H2,2-14H3,(H,43,49)(H,44,55)/t26-,27+,28-,29-,30-,31+,32-,33-,34+/m0/s1. The third-order valence-corrected chi connectivity index (χ3v) is 11.5. The monoisotopic (exact) mass is 804 g/mol. The molecule has 9 atom stereocenters. The first-order chi connectivity index (χ1) is 26.4. The number of carbonyl (C=O) groups is 7. The molecule has 0 aliphatic carbocycles. The molecule has 2 heterocycles. The highest BCUT2D eigenvalue weighted by Gasteiger charge is 2.47. The van der Waals surface area contributed by atoms with Gasteiger partial charge in [-0.25, -0.2) is 9.59 Å². The number of nitrogens with one attached hydrogen (secondary N) is 2. The molecule has 2 aliphatic rings. The molecule has 0 saturated carbocycles. The number of carbonyl (C=O) groups excluding carboxylic acids is 7. The molecule has 0 unspecified atom stereocenters. The molecular weight excluding hydrogens is 734 g/mol. The molecule has 322 valence electrons. The van der Waals surface area contributed by atoms with E-state index in [1.807, 2.05) is 6.92 Å². The van der Waals surface area contributed by atoms with E-state index < -0.39 is 119 Å². The van der Waals surface area contributed by atoms with E-state index in [0.717, 1.165) is 0 Å². The Bertz CT molecular complexity index is 1500. The van der Waals surface area contributed by atoms with Crippen LogP contribution in [0.25, 0.3) is 0 Å². The molecule has 2 saturated heterocycles. The van der Waals surface area contributed by atoms with E-state index in [0.29, 0.717) is 32.1 Å². The largest absolute Gasteiger partial charge is 0.460 e.